The maximum Gasteiger partial charge on any atom is 0.317 e. The van der Waals surface area contributed by atoms with E-state index in [9.17, 15) is 9.59 Å². The minimum absolute atomic E-state index is 0.0361. The number of carboxylic acid groups (broad SMARTS) is 1. The molecule has 1 saturated heterocycles. The molecule has 1 heterocycles. The number of hydrogen-bond donors (Lipinski definition) is 2. The minimum atomic E-state index is -0.748. The molecule has 2 amide bonds. The lowest BCUT2D eigenvalue weighted by molar-refractivity contribution is -0.137. The Morgan fingerprint density at radius 3 is 2.24 bits per heavy atom. The van der Waals surface area contributed by atoms with Crippen molar-refractivity contribution in [1.29, 1.82) is 0 Å². The smallest absolute Gasteiger partial charge is 0.317 e. The summed E-state index contributed by atoms with van der Waals surface area (Å²) < 4.78 is 0. The first-order valence-corrected chi connectivity index (χ1v) is 8.27. The van der Waals surface area contributed by atoms with Gasteiger partial charge in [-0.2, -0.15) is 0 Å². The Balaban J connectivity index is 2.15. The van der Waals surface area contributed by atoms with Gasteiger partial charge in [0.1, 0.15) is 0 Å². The van der Waals surface area contributed by atoms with E-state index in [4.69, 9.17) is 5.11 Å². The Labute approximate surface area is 128 Å². The zero-order valence-electron chi connectivity index (χ0n) is 13.5. The van der Waals surface area contributed by atoms with Gasteiger partial charge in [0.2, 0.25) is 0 Å². The first-order valence-electron chi connectivity index (χ1n) is 8.27. The van der Waals surface area contributed by atoms with Gasteiger partial charge in [0.25, 0.3) is 0 Å². The molecule has 0 saturated carbocycles. The number of rotatable bonds is 8. The molecule has 0 spiro atoms. The third kappa shape index (κ3) is 5.94. The van der Waals surface area contributed by atoms with Crippen molar-refractivity contribution < 1.29 is 14.7 Å². The van der Waals surface area contributed by atoms with Crippen LogP contribution in [0.15, 0.2) is 0 Å². The number of hydrogen-bond acceptors (Lipinski definition) is 2. The molecule has 0 radical (unpaired) electrons. The molecular weight excluding hydrogens is 268 g/mol. The topological polar surface area (TPSA) is 69.6 Å². The molecule has 1 aliphatic heterocycles. The molecule has 5 nitrogen and oxygen atoms in total. The average molecular weight is 298 g/mol. The Morgan fingerprint density at radius 1 is 1.10 bits per heavy atom. The van der Waals surface area contributed by atoms with Crippen LogP contribution in [0.4, 0.5) is 4.79 Å². The van der Waals surface area contributed by atoms with E-state index in [0.29, 0.717) is 18.4 Å². The zero-order chi connectivity index (χ0) is 15.7. The predicted molar refractivity (Wildman–Crippen MR) is 83.3 cm³/mol. The number of nitrogens with zero attached hydrogens (tertiary/aromatic N) is 1. The number of piperidine rings is 1. The summed E-state index contributed by atoms with van der Waals surface area (Å²) in [5.41, 5.74) is 0.438. The molecule has 2 N–H and O–H groups in total. The quantitative estimate of drug-likeness (QED) is 0.676. The molecule has 0 bridgehead atoms. The Morgan fingerprint density at radius 2 is 1.71 bits per heavy atom. The molecule has 0 unspecified atom stereocenters. The second-order valence-electron chi connectivity index (χ2n) is 6.13. The Bertz CT molecular complexity index is 330. The molecule has 0 aromatic carbocycles. The van der Waals surface area contributed by atoms with E-state index in [-0.39, 0.29) is 12.5 Å². The van der Waals surface area contributed by atoms with Crippen molar-refractivity contribution in [3.8, 4) is 0 Å². The fraction of sp³-hybridized carbons (Fsp3) is 0.875. The van der Waals surface area contributed by atoms with Crippen molar-refractivity contribution in [3.05, 3.63) is 0 Å². The molecule has 0 aromatic heterocycles. The van der Waals surface area contributed by atoms with E-state index < -0.39 is 5.97 Å². The first kappa shape index (κ1) is 17.8. The molecule has 0 aliphatic carbocycles. The zero-order valence-corrected chi connectivity index (χ0v) is 13.5. The molecule has 122 valence electrons. The number of aliphatic carboxylic acids is 1. The van der Waals surface area contributed by atoms with E-state index in [2.05, 4.69) is 19.2 Å². The predicted octanol–water partition coefficient (Wildman–Crippen LogP) is 3.24. The van der Waals surface area contributed by atoms with E-state index in [1.165, 1.54) is 12.8 Å². The fourth-order valence-electron chi connectivity index (χ4n) is 3.03. The van der Waals surface area contributed by atoms with Gasteiger partial charge in [0.05, 0.1) is 0 Å². The molecule has 5 heteroatoms. The van der Waals surface area contributed by atoms with E-state index in [1.807, 2.05) is 4.90 Å². The summed E-state index contributed by atoms with van der Waals surface area (Å²) in [7, 11) is 0. The van der Waals surface area contributed by atoms with Crippen LogP contribution in [0, 0.1) is 5.41 Å². The van der Waals surface area contributed by atoms with Crippen molar-refractivity contribution in [2.75, 3.05) is 19.6 Å². The van der Waals surface area contributed by atoms with Crippen LogP contribution in [0.25, 0.3) is 0 Å². The van der Waals surface area contributed by atoms with Crippen LogP contribution < -0.4 is 5.32 Å². The van der Waals surface area contributed by atoms with Gasteiger partial charge in [-0.25, -0.2) is 4.79 Å². The molecule has 21 heavy (non-hydrogen) atoms. The van der Waals surface area contributed by atoms with Gasteiger partial charge in [0.15, 0.2) is 0 Å². The number of unbranched alkanes of at least 4 members (excludes halogenated alkanes) is 2. The van der Waals surface area contributed by atoms with Gasteiger partial charge in [-0.15, -0.1) is 0 Å². The third-order valence-corrected chi connectivity index (χ3v) is 4.95. The molecule has 0 atom stereocenters. The Hall–Kier alpha value is -1.26. The number of carbonyl (C=O) groups excluding carboxylic acids is 1. The van der Waals surface area contributed by atoms with Gasteiger partial charge in [-0.3, -0.25) is 4.79 Å². The molecule has 1 rings (SSSR count). The standard InChI is InChI=1S/C16H30N2O3/c1-3-16(4-2)9-12-18(13-10-16)15(21)17-11-7-5-6-8-14(19)20/h3-13H2,1-2H3,(H,17,21)(H,19,20). The summed E-state index contributed by atoms with van der Waals surface area (Å²) in [4.78, 5) is 24.3. The SMILES string of the molecule is CCC1(CC)CCN(C(=O)NCCCCCC(=O)O)CC1. The van der Waals surface area contributed by atoms with Crippen molar-refractivity contribution >= 4 is 12.0 Å². The van der Waals surface area contributed by atoms with Crippen LogP contribution >= 0.6 is 0 Å². The summed E-state index contributed by atoms with van der Waals surface area (Å²) in [5, 5.41) is 11.5. The largest absolute Gasteiger partial charge is 0.481 e. The second kappa shape index (κ2) is 8.90. The number of likely N-dealkylation sites (tertiary alicyclic amines) is 1. The van der Waals surface area contributed by atoms with Crippen molar-refractivity contribution in [2.24, 2.45) is 5.41 Å². The van der Waals surface area contributed by atoms with E-state index >= 15 is 0 Å². The monoisotopic (exact) mass is 298 g/mol. The molecular formula is C16H30N2O3. The first-order chi connectivity index (χ1) is 10.0. The van der Waals surface area contributed by atoms with Crippen LogP contribution in [0.3, 0.4) is 0 Å². The van der Waals surface area contributed by atoms with Crippen LogP contribution in [0.2, 0.25) is 0 Å². The van der Waals surface area contributed by atoms with Gasteiger partial charge >= 0.3 is 12.0 Å². The summed E-state index contributed by atoms with van der Waals surface area (Å²) in [6.45, 7) is 6.84. The Kier molecular flexibility index (Phi) is 7.54. The average Bonchev–Trinajstić information content (AvgIpc) is 2.50. The summed E-state index contributed by atoms with van der Waals surface area (Å²) in [6, 6.07) is 0.0361. The van der Waals surface area contributed by atoms with Crippen LogP contribution in [0.5, 0.6) is 0 Å². The highest BCUT2D eigenvalue weighted by molar-refractivity contribution is 5.74. The fourth-order valence-corrected chi connectivity index (χ4v) is 3.03. The van der Waals surface area contributed by atoms with Gasteiger partial charge in [-0.1, -0.05) is 33.1 Å². The van der Waals surface area contributed by atoms with Gasteiger partial charge < -0.3 is 15.3 Å². The minimum Gasteiger partial charge on any atom is -0.481 e. The lowest BCUT2D eigenvalue weighted by Gasteiger charge is -2.40. The van der Waals surface area contributed by atoms with Crippen molar-refractivity contribution in [3.63, 3.8) is 0 Å². The van der Waals surface area contributed by atoms with Gasteiger partial charge in [0, 0.05) is 26.1 Å². The number of nitrogens with one attached hydrogen (secondary N) is 1. The summed E-state index contributed by atoms with van der Waals surface area (Å²) >= 11 is 0. The van der Waals surface area contributed by atoms with E-state index in [0.717, 1.165) is 38.8 Å². The summed E-state index contributed by atoms with van der Waals surface area (Å²) in [6.07, 6.45) is 7.20. The van der Waals surface area contributed by atoms with E-state index in [1.54, 1.807) is 0 Å². The molecule has 1 aliphatic rings. The lowest BCUT2D eigenvalue weighted by atomic mass is 9.74. The third-order valence-electron chi connectivity index (χ3n) is 4.95. The number of urea groups is 1. The van der Waals surface area contributed by atoms with Crippen molar-refractivity contribution in [1.82, 2.24) is 10.2 Å². The molecule has 1 fully saturated rings. The van der Waals surface area contributed by atoms with Crippen molar-refractivity contribution in [2.45, 2.75) is 65.2 Å². The van der Waals surface area contributed by atoms with Gasteiger partial charge in [-0.05, 0) is 31.1 Å². The van der Waals surface area contributed by atoms with Crippen LogP contribution in [-0.4, -0.2) is 41.6 Å². The molecule has 0 aromatic rings. The normalized spacial score (nSPS) is 17.5. The number of carbonyl (C=O) groups is 2. The maximum absolute atomic E-state index is 12.0. The van der Waals surface area contributed by atoms with Crippen LogP contribution in [-0.2, 0) is 4.79 Å². The highest BCUT2D eigenvalue weighted by Crippen LogP contribution is 2.37. The second-order valence-corrected chi connectivity index (χ2v) is 6.13. The maximum atomic E-state index is 12.0. The lowest BCUT2D eigenvalue weighted by Crippen LogP contribution is -2.47. The highest BCUT2D eigenvalue weighted by atomic mass is 16.4. The summed E-state index contributed by atoms with van der Waals surface area (Å²) in [5.74, 6) is -0.748. The number of carboxylic acids is 1. The highest BCUT2D eigenvalue weighted by Gasteiger charge is 2.32. The number of amides is 2. The van der Waals surface area contributed by atoms with Crippen LogP contribution in [0.1, 0.15) is 65.2 Å².